The van der Waals surface area contributed by atoms with Crippen molar-refractivity contribution in [2.24, 2.45) is 11.0 Å². The largest absolute Gasteiger partial charge is 0.325 e. The quantitative estimate of drug-likeness (QED) is 0.484. The number of nitrogens with one attached hydrogen (secondary N) is 1. The number of amides is 1. The highest BCUT2D eigenvalue weighted by Gasteiger charge is 2.09. The summed E-state index contributed by atoms with van der Waals surface area (Å²) in [5.74, 6) is -0.286. The van der Waals surface area contributed by atoms with Gasteiger partial charge in [0.15, 0.2) is 0 Å². The van der Waals surface area contributed by atoms with Crippen molar-refractivity contribution >= 4 is 28.9 Å². The SMILES string of the molecule is CC(C)C(=O)Nc1ccc(Cl)cc1N=[N+]=[N-]. The molecule has 5 nitrogen and oxygen atoms in total. The lowest BCUT2D eigenvalue weighted by atomic mass is 10.2. The third-order valence-corrected chi connectivity index (χ3v) is 2.13. The number of azide groups is 1. The lowest BCUT2D eigenvalue weighted by Gasteiger charge is -2.09. The lowest BCUT2D eigenvalue weighted by molar-refractivity contribution is -0.118. The van der Waals surface area contributed by atoms with E-state index in [-0.39, 0.29) is 11.8 Å². The maximum absolute atomic E-state index is 11.5. The number of nitrogens with zero attached hydrogens (tertiary/aromatic N) is 3. The molecule has 0 saturated carbocycles. The van der Waals surface area contributed by atoms with Crippen LogP contribution in [0, 0.1) is 5.92 Å². The second-order valence-corrected chi connectivity index (χ2v) is 3.93. The molecule has 0 bridgehead atoms. The highest BCUT2D eigenvalue weighted by molar-refractivity contribution is 6.31. The minimum atomic E-state index is -0.144. The van der Waals surface area contributed by atoms with Gasteiger partial charge >= 0.3 is 0 Å². The number of anilines is 1. The Morgan fingerprint density at radius 1 is 1.56 bits per heavy atom. The van der Waals surface area contributed by atoms with Gasteiger partial charge in [0.1, 0.15) is 0 Å². The number of hydrogen-bond donors (Lipinski definition) is 1. The van der Waals surface area contributed by atoms with Gasteiger partial charge in [-0.25, -0.2) is 0 Å². The molecule has 0 aliphatic heterocycles. The Morgan fingerprint density at radius 2 is 2.25 bits per heavy atom. The van der Waals surface area contributed by atoms with Crippen LogP contribution in [0.25, 0.3) is 10.4 Å². The summed E-state index contributed by atoms with van der Waals surface area (Å²) in [4.78, 5) is 14.1. The summed E-state index contributed by atoms with van der Waals surface area (Å²) in [6, 6.07) is 4.72. The first-order valence-electron chi connectivity index (χ1n) is 4.70. The molecule has 1 rings (SSSR count). The van der Waals surface area contributed by atoms with E-state index >= 15 is 0 Å². The van der Waals surface area contributed by atoms with Crippen LogP contribution in [0.1, 0.15) is 13.8 Å². The van der Waals surface area contributed by atoms with Crippen LogP contribution in [0.3, 0.4) is 0 Å². The highest BCUT2D eigenvalue weighted by Crippen LogP contribution is 2.28. The third-order valence-electron chi connectivity index (χ3n) is 1.89. The van der Waals surface area contributed by atoms with Gasteiger partial charge in [0.05, 0.1) is 11.4 Å². The molecule has 0 fully saturated rings. The molecule has 0 atom stereocenters. The number of rotatable bonds is 3. The van der Waals surface area contributed by atoms with Crippen LogP contribution in [-0.2, 0) is 4.79 Å². The lowest BCUT2D eigenvalue weighted by Crippen LogP contribution is -2.17. The summed E-state index contributed by atoms with van der Waals surface area (Å²) in [5.41, 5.74) is 9.15. The van der Waals surface area contributed by atoms with Crippen LogP contribution in [0.15, 0.2) is 23.3 Å². The van der Waals surface area contributed by atoms with Crippen molar-refractivity contribution in [1.82, 2.24) is 0 Å². The average Bonchev–Trinajstić information content (AvgIpc) is 2.22. The molecule has 1 aromatic rings. The van der Waals surface area contributed by atoms with E-state index in [0.717, 1.165) is 0 Å². The second kappa shape index (κ2) is 5.39. The fourth-order valence-corrected chi connectivity index (χ4v) is 1.18. The van der Waals surface area contributed by atoms with Crippen LogP contribution in [-0.4, -0.2) is 5.91 Å². The molecular formula is C10H11ClN4O. The van der Waals surface area contributed by atoms with E-state index in [1.54, 1.807) is 26.0 Å². The summed E-state index contributed by atoms with van der Waals surface area (Å²) in [7, 11) is 0. The zero-order valence-corrected chi connectivity index (χ0v) is 9.69. The Kier molecular flexibility index (Phi) is 4.17. The van der Waals surface area contributed by atoms with E-state index in [0.29, 0.717) is 16.4 Å². The zero-order valence-electron chi connectivity index (χ0n) is 8.94. The van der Waals surface area contributed by atoms with E-state index in [1.165, 1.54) is 6.07 Å². The summed E-state index contributed by atoms with van der Waals surface area (Å²) in [5, 5.41) is 6.57. The van der Waals surface area contributed by atoms with Gasteiger partial charge in [0.25, 0.3) is 0 Å². The van der Waals surface area contributed by atoms with E-state index in [2.05, 4.69) is 15.3 Å². The molecule has 0 aromatic heterocycles. The third kappa shape index (κ3) is 3.15. The van der Waals surface area contributed by atoms with E-state index in [9.17, 15) is 4.79 Å². The molecule has 0 saturated heterocycles. The van der Waals surface area contributed by atoms with Crippen molar-refractivity contribution < 1.29 is 4.79 Å². The molecule has 0 unspecified atom stereocenters. The van der Waals surface area contributed by atoms with Crippen molar-refractivity contribution in [3.63, 3.8) is 0 Å². The Balaban J connectivity index is 3.03. The van der Waals surface area contributed by atoms with Crippen LogP contribution < -0.4 is 5.32 Å². The van der Waals surface area contributed by atoms with Gasteiger partial charge in [-0.2, -0.15) is 0 Å². The van der Waals surface area contributed by atoms with Crippen LogP contribution in [0.2, 0.25) is 5.02 Å². The summed E-state index contributed by atoms with van der Waals surface area (Å²) in [6.07, 6.45) is 0. The van der Waals surface area contributed by atoms with Gasteiger partial charge in [0.2, 0.25) is 5.91 Å². The number of halogens is 1. The number of carbonyl (C=O) groups excluding carboxylic acids is 1. The van der Waals surface area contributed by atoms with Gasteiger partial charge in [-0.1, -0.05) is 30.6 Å². The molecule has 0 aliphatic carbocycles. The standard InChI is InChI=1S/C10H11ClN4O/c1-6(2)10(16)13-8-4-3-7(11)5-9(8)14-15-12/h3-6H,1-2H3,(H,13,16). The summed E-state index contributed by atoms with van der Waals surface area (Å²) >= 11 is 5.76. The van der Waals surface area contributed by atoms with Gasteiger partial charge in [-0.05, 0) is 23.7 Å². The Labute approximate surface area is 98.0 Å². The highest BCUT2D eigenvalue weighted by atomic mass is 35.5. The molecule has 0 spiro atoms. The normalized spacial score (nSPS) is 9.75. The maximum Gasteiger partial charge on any atom is 0.226 e. The molecule has 16 heavy (non-hydrogen) atoms. The van der Waals surface area contributed by atoms with Crippen LogP contribution in [0.5, 0.6) is 0 Å². The number of hydrogen-bond acceptors (Lipinski definition) is 2. The Bertz CT molecular complexity index is 452. The molecule has 1 amide bonds. The van der Waals surface area contributed by atoms with Crippen molar-refractivity contribution in [3.8, 4) is 0 Å². The molecule has 0 aliphatic rings. The minimum Gasteiger partial charge on any atom is -0.325 e. The summed E-state index contributed by atoms with van der Waals surface area (Å²) in [6.45, 7) is 3.55. The number of carbonyl (C=O) groups is 1. The first-order chi connectivity index (χ1) is 7.54. The molecule has 1 aromatic carbocycles. The van der Waals surface area contributed by atoms with Crippen molar-refractivity contribution in [2.75, 3.05) is 5.32 Å². The first kappa shape index (κ1) is 12.4. The smallest absolute Gasteiger partial charge is 0.226 e. The first-order valence-corrected chi connectivity index (χ1v) is 5.08. The predicted molar refractivity (Wildman–Crippen MR) is 63.7 cm³/mol. The van der Waals surface area contributed by atoms with E-state index in [4.69, 9.17) is 17.1 Å². The molecule has 1 N–H and O–H groups in total. The van der Waals surface area contributed by atoms with Gasteiger partial charge in [-0.15, -0.1) is 0 Å². The van der Waals surface area contributed by atoms with Gasteiger partial charge in [-0.3, -0.25) is 4.79 Å². The van der Waals surface area contributed by atoms with Gasteiger partial charge in [0, 0.05) is 15.9 Å². The second-order valence-electron chi connectivity index (χ2n) is 3.49. The molecule has 0 heterocycles. The van der Waals surface area contributed by atoms with Crippen molar-refractivity contribution in [3.05, 3.63) is 33.7 Å². The van der Waals surface area contributed by atoms with Crippen LogP contribution in [0.4, 0.5) is 11.4 Å². The minimum absolute atomic E-state index is 0.142. The van der Waals surface area contributed by atoms with Crippen LogP contribution >= 0.6 is 11.6 Å². The predicted octanol–water partition coefficient (Wildman–Crippen LogP) is 3.88. The maximum atomic E-state index is 11.5. The Morgan fingerprint density at radius 3 is 2.81 bits per heavy atom. The molecular weight excluding hydrogens is 228 g/mol. The average molecular weight is 239 g/mol. The number of benzene rings is 1. The summed E-state index contributed by atoms with van der Waals surface area (Å²) < 4.78 is 0. The Hall–Kier alpha value is -1.71. The topological polar surface area (TPSA) is 77.9 Å². The van der Waals surface area contributed by atoms with E-state index < -0.39 is 0 Å². The van der Waals surface area contributed by atoms with Crippen molar-refractivity contribution in [1.29, 1.82) is 0 Å². The van der Waals surface area contributed by atoms with E-state index in [1.807, 2.05) is 0 Å². The molecule has 0 radical (unpaired) electrons. The fourth-order valence-electron chi connectivity index (χ4n) is 1.02. The molecule has 84 valence electrons. The van der Waals surface area contributed by atoms with Crippen molar-refractivity contribution in [2.45, 2.75) is 13.8 Å². The zero-order chi connectivity index (χ0) is 12.1. The fraction of sp³-hybridized carbons (Fsp3) is 0.300. The monoisotopic (exact) mass is 238 g/mol. The molecule has 6 heteroatoms. The van der Waals surface area contributed by atoms with Gasteiger partial charge < -0.3 is 5.32 Å².